The van der Waals surface area contributed by atoms with Gasteiger partial charge >= 0.3 is 6.18 Å². The Balaban J connectivity index is 2.50. The summed E-state index contributed by atoms with van der Waals surface area (Å²) >= 11 is 5.69. The van der Waals surface area contributed by atoms with E-state index in [1.54, 1.807) is 0 Å². The maximum absolute atomic E-state index is 13.2. The summed E-state index contributed by atoms with van der Waals surface area (Å²) < 4.78 is 39.7. The zero-order valence-corrected chi connectivity index (χ0v) is 11.2. The fourth-order valence-corrected chi connectivity index (χ4v) is 2.06. The van der Waals surface area contributed by atoms with E-state index in [9.17, 15) is 18.3 Å². The molecule has 1 aliphatic carbocycles. The van der Waals surface area contributed by atoms with Crippen molar-refractivity contribution in [1.82, 2.24) is 0 Å². The van der Waals surface area contributed by atoms with Gasteiger partial charge in [0.05, 0.1) is 0 Å². The van der Waals surface area contributed by atoms with Crippen LogP contribution >= 0.6 is 11.6 Å². The lowest BCUT2D eigenvalue weighted by Gasteiger charge is -2.28. The van der Waals surface area contributed by atoms with Crippen molar-refractivity contribution in [1.29, 1.82) is 0 Å². The summed E-state index contributed by atoms with van der Waals surface area (Å²) in [7, 11) is 0. The van der Waals surface area contributed by atoms with E-state index >= 15 is 0 Å². The first-order chi connectivity index (χ1) is 9.24. The first-order valence-corrected chi connectivity index (χ1v) is 6.49. The number of aliphatic hydroxyl groups is 1. The summed E-state index contributed by atoms with van der Waals surface area (Å²) in [5, 5.41) is 10.1. The van der Waals surface area contributed by atoms with Crippen LogP contribution in [0.1, 0.15) is 24.8 Å². The first kappa shape index (κ1) is 15.0. The molecule has 2 rings (SSSR count). The number of benzene rings is 1. The van der Waals surface area contributed by atoms with Crippen molar-refractivity contribution in [2.45, 2.75) is 31.0 Å². The van der Waals surface area contributed by atoms with Crippen molar-refractivity contribution in [3.05, 3.63) is 28.8 Å². The molecule has 108 valence electrons. The fraction of sp³-hybridized carbons (Fsp3) is 0.429. The Morgan fingerprint density at radius 3 is 2.45 bits per heavy atom. The van der Waals surface area contributed by atoms with Gasteiger partial charge in [0.2, 0.25) is 5.60 Å². The summed E-state index contributed by atoms with van der Waals surface area (Å²) in [5.74, 6) is 4.36. The van der Waals surface area contributed by atoms with Gasteiger partial charge in [0.1, 0.15) is 0 Å². The van der Waals surface area contributed by atoms with Crippen molar-refractivity contribution in [2.75, 3.05) is 5.73 Å². The topological polar surface area (TPSA) is 46.2 Å². The second-order valence-electron chi connectivity index (χ2n) is 4.84. The minimum Gasteiger partial charge on any atom is -0.398 e. The van der Waals surface area contributed by atoms with Gasteiger partial charge < -0.3 is 10.8 Å². The molecule has 1 aliphatic rings. The van der Waals surface area contributed by atoms with Crippen molar-refractivity contribution in [3.63, 3.8) is 0 Å². The van der Waals surface area contributed by atoms with E-state index in [4.69, 9.17) is 17.3 Å². The molecule has 20 heavy (non-hydrogen) atoms. The maximum atomic E-state index is 13.2. The molecular weight excluding hydrogens is 291 g/mol. The molecule has 0 bridgehead atoms. The third kappa shape index (κ3) is 2.72. The molecule has 0 unspecified atom stereocenters. The Morgan fingerprint density at radius 2 is 1.95 bits per heavy atom. The predicted molar refractivity (Wildman–Crippen MR) is 70.9 cm³/mol. The molecule has 0 heterocycles. The average Bonchev–Trinajstić information content (AvgIpc) is 2.28. The Bertz CT molecular complexity index is 572. The highest BCUT2D eigenvalue weighted by atomic mass is 35.5. The highest BCUT2D eigenvalue weighted by Gasteiger charge is 2.55. The van der Waals surface area contributed by atoms with Gasteiger partial charge in [-0.2, -0.15) is 13.2 Å². The number of halogens is 4. The SMILES string of the molecule is Nc1ccc(Cl)cc1[C@@](O)(C#CC1CCC1)C(F)(F)F. The van der Waals surface area contributed by atoms with Gasteiger partial charge in [-0.3, -0.25) is 0 Å². The first-order valence-electron chi connectivity index (χ1n) is 6.11. The average molecular weight is 304 g/mol. The summed E-state index contributed by atoms with van der Waals surface area (Å²) in [5.41, 5.74) is 1.52. The molecule has 3 N–H and O–H groups in total. The van der Waals surface area contributed by atoms with Gasteiger partial charge in [0.25, 0.3) is 0 Å². The zero-order valence-electron chi connectivity index (χ0n) is 10.5. The normalized spacial score (nSPS) is 18.6. The molecular formula is C14H13ClF3NO. The molecule has 2 nitrogen and oxygen atoms in total. The standard InChI is InChI=1S/C14H13ClF3NO/c15-10-4-5-12(19)11(8-10)13(20,14(16,17)18)7-6-9-2-1-3-9/h4-5,8-9,20H,1-3,19H2/t13-/m0/s1. The Morgan fingerprint density at radius 1 is 1.30 bits per heavy atom. The quantitative estimate of drug-likeness (QED) is 0.616. The van der Waals surface area contributed by atoms with Crippen molar-refractivity contribution < 1.29 is 18.3 Å². The van der Waals surface area contributed by atoms with Crippen molar-refractivity contribution in [3.8, 4) is 11.8 Å². The lowest BCUT2D eigenvalue weighted by molar-refractivity contribution is -0.240. The Hall–Kier alpha value is -1.38. The second-order valence-corrected chi connectivity index (χ2v) is 5.27. The largest absolute Gasteiger partial charge is 0.433 e. The number of anilines is 1. The van der Waals surface area contributed by atoms with E-state index in [0.717, 1.165) is 25.3 Å². The molecule has 6 heteroatoms. The minimum absolute atomic E-state index is 0.0577. The number of hydrogen-bond donors (Lipinski definition) is 2. The van der Waals surface area contributed by atoms with Crippen LogP contribution in [0.3, 0.4) is 0 Å². The molecule has 1 aromatic carbocycles. The van der Waals surface area contributed by atoms with E-state index < -0.39 is 17.3 Å². The van der Waals surface area contributed by atoms with Crippen LogP contribution in [0.5, 0.6) is 0 Å². The van der Waals surface area contributed by atoms with Crippen LogP contribution in [0.4, 0.5) is 18.9 Å². The molecule has 0 amide bonds. The molecule has 0 aliphatic heterocycles. The van der Waals surface area contributed by atoms with Crippen LogP contribution in [0.25, 0.3) is 0 Å². The number of nitrogens with two attached hydrogens (primary N) is 1. The Labute approximate surface area is 119 Å². The molecule has 1 saturated carbocycles. The molecule has 0 radical (unpaired) electrons. The monoisotopic (exact) mass is 303 g/mol. The van der Waals surface area contributed by atoms with Gasteiger partial charge in [0, 0.05) is 22.2 Å². The second kappa shape index (κ2) is 5.19. The summed E-state index contributed by atoms with van der Waals surface area (Å²) in [6.07, 6.45) is -2.50. The third-order valence-electron chi connectivity index (χ3n) is 3.38. The molecule has 0 spiro atoms. The molecule has 1 atom stereocenters. The van der Waals surface area contributed by atoms with Crippen molar-refractivity contribution in [2.24, 2.45) is 5.92 Å². The number of alkyl halides is 3. The Kier molecular flexibility index (Phi) is 3.90. The van der Waals surface area contributed by atoms with E-state index in [1.165, 1.54) is 12.1 Å². The minimum atomic E-state index is -4.96. The molecule has 0 aromatic heterocycles. The molecule has 0 saturated heterocycles. The van der Waals surface area contributed by atoms with Crippen LogP contribution in [0, 0.1) is 17.8 Å². The lowest BCUT2D eigenvalue weighted by Crippen LogP contribution is -2.41. The number of rotatable bonds is 1. The third-order valence-corrected chi connectivity index (χ3v) is 3.61. The van der Waals surface area contributed by atoms with E-state index in [1.807, 2.05) is 5.92 Å². The smallest absolute Gasteiger partial charge is 0.398 e. The lowest BCUT2D eigenvalue weighted by atomic mass is 9.84. The predicted octanol–water partition coefficient (Wildman–Crippen LogP) is 3.48. The van der Waals surface area contributed by atoms with E-state index in [0.29, 0.717) is 0 Å². The van der Waals surface area contributed by atoms with E-state index in [2.05, 4.69) is 5.92 Å². The van der Waals surface area contributed by atoms with Crippen LogP contribution in [0.15, 0.2) is 18.2 Å². The highest BCUT2D eigenvalue weighted by molar-refractivity contribution is 6.30. The van der Waals surface area contributed by atoms with Gasteiger partial charge in [-0.15, -0.1) is 0 Å². The number of hydrogen-bond acceptors (Lipinski definition) is 2. The molecule has 1 aromatic rings. The van der Waals surface area contributed by atoms with Gasteiger partial charge in [-0.05, 0) is 31.0 Å². The van der Waals surface area contributed by atoms with Crippen molar-refractivity contribution >= 4 is 17.3 Å². The van der Waals surface area contributed by atoms with Gasteiger partial charge in [0.15, 0.2) is 0 Å². The molecule has 1 fully saturated rings. The van der Waals surface area contributed by atoms with Gasteiger partial charge in [-0.25, -0.2) is 0 Å². The summed E-state index contributed by atoms with van der Waals surface area (Å²) in [4.78, 5) is 0. The van der Waals surface area contributed by atoms with Gasteiger partial charge in [-0.1, -0.05) is 29.9 Å². The van der Waals surface area contributed by atoms with Crippen LogP contribution in [-0.4, -0.2) is 11.3 Å². The summed E-state index contributed by atoms with van der Waals surface area (Å²) in [6.45, 7) is 0. The van der Waals surface area contributed by atoms with Crippen LogP contribution in [-0.2, 0) is 5.60 Å². The fourth-order valence-electron chi connectivity index (χ4n) is 1.89. The maximum Gasteiger partial charge on any atom is 0.433 e. The van der Waals surface area contributed by atoms with Crippen LogP contribution < -0.4 is 5.73 Å². The highest BCUT2D eigenvalue weighted by Crippen LogP contribution is 2.42. The van der Waals surface area contributed by atoms with Crippen LogP contribution in [0.2, 0.25) is 5.02 Å². The number of nitrogen functional groups attached to an aromatic ring is 1. The summed E-state index contributed by atoms with van der Waals surface area (Å²) in [6, 6.07) is 3.58. The zero-order chi connectivity index (χ0) is 15.0. The van der Waals surface area contributed by atoms with E-state index in [-0.39, 0.29) is 16.6 Å².